The highest BCUT2D eigenvalue weighted by Gasteiger charge is 2.23. The van der Waals surface area contributed by atoms with E-state index in [1.54, 1.807) is 6.20 Å². The van der Waals surface area contributed by atoms with Gasteiger partial charge in [-0.2, -0.15) is 4.98 Å². The Bertz CT molecular complexity index is 823. The van der Waals surface area contributed by atoms with Gasteiger partial charge in [-0.1, -0.05) is 32.0 Å². The zero-order valence-corrected chi connectivity index (χ0v) is 18.5. The van der Waals surface area contributed by atoms with Crippen molar-refractivity contribution in [2.24, 2.45) is 0 Å². The van der Waals surface area contributed by atoms with Crippen LogP contribution >= 0.6 is 0 Å². The van der Waals surface area contributed by atoms with E-state index >= 15 is 0 Å². The maximum Gasteiger partial charge on any atom is 0.319 e. The van der Waals surface area contributed by atoms with Gasteiger partial charge in [0.25, 0.3) is 0 Å². The molecular formula is C23H34N6O. The van der Waals surface area contributed by atoms with Crippen molar-refractivity contribution in [3.05, 3.63) is 41.6 Å². The summed E-state index contributed by atoms with van der Waals surface area (Å²) in [5, 5.41) is 9.71. The summed E-state index contributed by atoms with van der Waals surface area (Å²) in [5.74, 6) is 1.55. The van der Waals surface area contributed by atoms with Crippen molar-refractivity contribution >= 4 is 23.5 Å². The smallest absolute Gasteiger partial charge is 0.319 e. The molecular weight excluding hydrogens is 376 g/mol. The maximum absolute atomic E-state index is 12.6. The van der Waals surface area contributed by atoms with E-state index in [2.05, 4.69) is 58.0 Å². The van der Waals surface area contributed by atoms with Gasteiger partial charge in [-0.3, -0.25) is 0 Å². The van der Waals surface area contributed by atoms with Crippen molar-refractivity contribution in [1.29, 1.82) is 0 Å². The molecule has 30 heavy (non-hydrogen) atoms. The van der Waals surface area contributed by atoms with Crippen LogP contribution in [0.1, 0.15) is 50.7 Å². The molecule has 162 valence electrons. The molecule has 0 bridgehead atoms. The van der Waals surface area contributed by atoms with E-state index in [0.29, 0.717) is 12.0 Å². The summed E-state index contributed by atoms with van der Waals surface area (Å²) in [4.78, 5) is 23.5. The summed E-state index contributed by atoms with van der Waals surface area (Å²) in [6.07, 6.45) is 7.41. The van der Waals surface area contributed by atoms with E-state index < -0.39 is 0 Å². The van der Waals surface area contributed by atoms with Gasteiger partial charge in [0.05, 0.1) is 0 Å². The Balaban J connectivity index is 1.50. The van der Waals surface area contributed by atoms with Crippen LogP contribution in [0.4, 0.5) is 22.2 Å². The average Bonchev–Trinajstić information content (AvgIpc) is 2.75. The van der Waals surface area contributed by atoms with Crippen LogP contribution in [0.5, 0.6) is 0 Å². The zero-order chi connectivity index (χ0) is 21.5. The van der Waals surface area contributed by atoms with Crippen molar-refractivity contribution in [3.63, 3.8) is 0 Å². The SMILES string of the molecule is CCc1cccc(CC)c1NC(=O)N[C@H]1CC[C@@H](Nc2nccc(N(C)C)n2)CC1. The summed E-state index contributed by atoms with van der Waals surface area (Å²) in [6.45, 7) is 4.23. The number of rotatable bonds is 7. The van der Waals surface area contributed by atoms with Crippen LogP contribution in [0.2, 0.25) is 0 Å². The van der Waals surface area contributed by atoms with Crippen LogP contribution in [0.15, 0.2) is 30.5 Å². The van der Waals surface area contributed by atoms with E-state index in [-0.39, 0.29) is 12.1 Å². The number of anilines is 3. The van der Waals surface area contributed by atoms with E-state index in [1.807, 2.05) is 25.1 Å². The minimum absolute atomic E-state index is 0.107. The van der Waals surface area contributed by atoms with Crippen LogP contribution in [-0.2, 0) is 12.8 Å². The van der Waals surface area contributed by atoms with Gasteiger partial charge in [0.15, 0.2) is 0 Å². The molecule has 2 aromatic rings. The van der Waals surface area contributed by atoms with Gasteiger partial charge < -0.3 is 20.9 Å². The molecule has 1 fully saturated rings. The number of amides is 2. The number of aryl methyl sites for hydroxylation is 2. The molecule has 0 spiro atoms. The molecule has 3 N–H and O–H groups in total. The molecule has 7 heteroatoms. The summed E-state index contributed by atoms with van der Waals surface area (Å²) in [6, 6.07) is 8.53. The maximum atomic E-state index is 12.6. The lowest BCUT2D eigenvalue weighted by atomic mass is 9.91. The summed E-state index contributed by atoms with van der Waals surface area (Å²) >= 11 is 0. The first kappa shape index (κ1) is 21.9. The molecule has 0 saturated heterocycles. The fourth-order valence-electron chi connectivity index (χ4n) is 3.97. The standard InChI is InChI=1S/C23H34N6O/c1-5-16-8-7-9-17(6-2)21(16)28-23(30)26-19-12-10-18(11-13-19)25-22-24-15-14-20(27-22)29(3)4/h7-9,14-15,18-19H,5-6,10-13H2,1-4H3,(H,24,25,27)(H2,26,28,30)/t18-,19+. The molecule has 0 radical (unpaired) electrons. The number of aromatic nitrogens is 2. The lowest BCUT2D eigenvalue weighted by molar-refractivity contribution is 0.243. The normalized spacial score (nSPS) is 18.5. The molecule has 1 aromatic heterocycles. The van der Waals surface area contributed by atoms with Gasteiger partial charge in [-0.15, -0.1) is 0 Å². The predicted molar refractivity (Wildman–Crippen MR) is 123 cm³/mol. The first-order chi connectivity index (χ1) is 14.5. The third-order valence-electron chi connectivity index (χ3n) is 5.73. The lowest BCUT2D eigenvalue weighted by Gasteiger charge is -2.30. The minimum atomic E-state index is -0.107. The number of carbonyl (C=O) groups is 1. The fourth-order valence-corrected chi connectivity index (χ4v) is 3.97. The summed E-state index contributed by atoms with van der Waals surface area (Å²) in [5.41, 5.74) is 3.32. The number of hydrogen-bond acceptors (Lipinski definition) is 5. The van der Waals surface area contributed by atoms with E-state index in [9.17, 15) is 4.79 Å². The third kappa shape index (κ3) is 5.62. The van der Waals surface area contributed by atoms with Gasteiger partial charge in [0.1, 0.15) is 5.82 Å². The molecule has 0 unspecified atom stereocenters. The molecule has 1 aliphatic carbocycles. The number of hydrogen-bond donors (Lipinski definition) is 3. The second kappa shape index (κ2) is 10.3. The van der Waals surface area contributed by atoms with Gasteiger partial charge in [-0.25, -0.2) is 9.78 Å². The van der Waals surface area contributed by atoms with Crippen LogP contribution < -0.4 is 20.9 Å². The Kier molecular flexibility index (Phi) is 7.49. The highest BCUT2D eigenvalue weighted by atomic mass is 16.2. The fraction of sp³-hybridized carbons (Fsp3) is 0.522. The molecule has 0 aliphatic heterocycles. The van der Waals surface area contributed by atoms with E-state index in [1.165, 1.54) is 11.1 Å². The Hall–Kier alpha value is -2.83. The lowest BCUT2D eigenvalue weighted by Crippen LogP contribution is -2.42. The monoisotopic (exact) mass is 410 g/mol. The second-order valence-electron chi connectivity index (χ2n) is 8.08. The molecule has 0 atom stereocenters. The highest BCUT2D eigenvalue weighted by Crippen LogP contribution is 2.24. The number of urea groups is 1. The Morgan fingerprint density at radius 1 is 1.03 bits per heavy atom. The Morgan fingerprint density at radius 3 is 2.27 bits per heavy atom. The minimum Gasteiger partial charge on any atom is -0.363 e. The van der Waals surface area contributed by atoms with Gasteiger partial charge >= 0.3 is 6.03 Å². The number of benzene rings is 1. The van der Waals surface area contributed by atoms with Crippen molar-refractivity contribution in [2.45, 2.75) is 64.5 Å². The number of para-hydroxylation sites is 1. The first-order valence-electron chi connectivity index (χ1n) is 10.9. The Morgan fingerprint density at radius 2 is 1.67 bits per heavy atom. The molecule has 1 aromatic carbocycles. The van der Waals surface area contributed by atoms with Gasteiger partial charge in [0, 0.05) is 38.1 Å². The summed E-state index contributed by atoms with van der Waals surface area (Å²) < 4.78 is 0. The summed E-state index contributed by atoms with van der Waals surface area (Å²) in [7, 11) is 3.94. The van der Waals surface area contributed by atoms with Crippen molar-refractivity contribution in [2.75, 3.05) is 29.6 Å². The van der Waals surface area contributed by atoms with Crippen molar-refractivity contribution in [1.82, 2.24) is 15.3 Å². The quantitative estimate of drug-likeness (QED) is 0.637. The van der Waals surface area contributed by atoms with Gasteiger partial charge in [0.2, 0.25) is 5.95 Å². The third-order valence-corrected chi connectivity index (χ3v) is 5.73. The molecule has 3 rings (SSSR count). The first-order valence-corrected chi connectivity index (χ1v) is 10.9. The number of nitrogens with zero attached hydrogens (tertiary/aromatic N) is 3. The van der Waals surface area contributed by atoms with Crippen LogP contribution in [0, 0.1) is 0 Å². The number of carbonyl (C=O) groups excluding carboxylic acids is 1. The largest absolute Gasteiger partial charge is 0.363 e. The molecule has 1 heterocycles. The van der Waals surface area contributed by atoms with Crippen LogP contribution in [0.3, 0.4) is 0 Å². The molecule has 1 saturated carbocycles. The van der Waals surface area contributed by atoms with Gasteiger partial charge in [-0.05, 0) is 55.7 Å². The number of nitrogens with one attached hydrogen (secondary N) is 3. The topological polar surface area (TPSA) is 82.2 Å². The van der Waals surface area contributed by atoms with Crippen molar-refractivity contribution in [3.8, 4) is 0 Å². The van der Waals surface area contributed by atoms with Crippen LogP contribution in [-0.4, -0.2) is 42.2 Å². The van der Waals surface area contributed by atoms with Crippen molar-refractivity contribution < 1.29 is 4.79 Å². The average molecular weight is 411 g/mol. The molecule has 7 nitrogen and oxygen atoms in total. The molecule has 2 amide bonds. The predicted octanol–water partition coefficient (Wildman–Crippen LogP) is 4.21. The van der Waals surface area contributed by atoms with E-state index in [4.69, 9.17) is 0 Å². The Labute approximate surface area is 179 Å². The van der Waals surface area contributed by atoms with E-state index in [0.717, 1.165) is 50.0 Å². The zero-order valence-electron chi connectivity index (χ0n) is 18.5. The second-order valence-corrected chi connectivity index (χ2v) is 8.08. The molecule has 1 aliphatic rings. The van der Waals surface area contributed by atoms with Crippen LogP contribution in [0.25, 0.3) is 0 Å². The highest BCUT2D eigenvalue weighted by molar-refractivity contribution is 5.91.